The summed E-state index contributed by atoms with van der Waals surface area (Å²) in [4.78, 5) is 2.50. The lowest BCUT2D eigenvalue weighted by Gasteiger charge is -2.37. The van der Waals surface area contributed by atoms with Crippen molar-refractivity contribution in [2.45, 2.75) is 38.1 Å². The van der Waals surface area contributed by atoms with Crippen LogP contribution in [0.5, 0.6) is 0 Å². The Morgan fingerprint density at radius 2 is 2.12 bits per heavy atom. The summed E-state index contributed by atoms with van der Waals surface area (Å²) in [5.74, 6) is 0.747. The maximum absolute atomic E-state index is 6.47. The van der Waals surface area contributed by atoms with Gasteiger partial charge in [0.2, 0.25) is 0 Å². The highest BCUT2D eigenvalue weighted by Gasteiger charge is 2.39. The summed E-state index contributed by atoms with van der Waals surface area (Å²) in [6, 6.07) is 8.79. The van der Waals surface area contributed by atoms with Gasteiger partial charge in [0.1, 0.15) is 0 Å². The molecular formula is C15H22N2. The van der Waals surface area contributed by atoms with Crippen LogP contribution in [0.4, 0.5) is 5.69 Å². The number of hydrogen-bond acceptors (Lipinski definition) is 2. The van der Waals surface area contributed by atoms with Crippen LogP contribution in [-0.2, 0) is 6.42 Å². The lowest BCUT2D eigenvalue weighted by Crippen LogP contribution is -2.51. The van der Waals surface area contributed by atoms with E-state index >= 15 is 0 Å². The second kappa shape index (κ2) is 4.02. The number of nitrogens with two attached hydrogens (primary N) is 1. The van der Waals surface area contributed by atoms with Gasteiger partial charge in [-0.25, -0.2) is 0 Å². The lowest BCUT2D eigenvalue weighted by atomic mass is 9.94. The Labute approximate surface area is 104 Å². The predicted molar refractivity (Wildman–Crippen MR) is 72.3 cm³/mol. The van der Waals surface area contributed by atoms with Crippen LogP contribution in [0.2, 0.25) is 0 Å². The van der Waals surface area contributed by atoms with Gasteiger partial charge in [-0.15, -0.1) is 0 Å². The van der Waals surface area contributed by atoms with E-state index in [4.69, 9.17) is 5.73 Å². The lowest BCUT2D eigenvalue weighted by molar-refractivity contribution is 0.401. The van der Waals surface area contributed by atoms with Crippen molar-refractivity contribution < 1.29 is 0 Å². The van der Waals surface area contributed by atoms with E-state index in [-0.39, 0.29) is 5.54 Å². The first-order valence-electron chi connectivity index (χ1n) is 6.78. The molecule has 1 saturated carbocycles. The summed E-state index contributed by atoms with van der Waals surface area (Å²) in [6.07, 6.45) is 5.13. The van der Waals surface area contributed by atoms with Crippen LogP contribution in [0.15, 0.2) is 24.3 Å². The molecular weight excluding hydrogens is 208 g/mol. The number of benzene rings is 1. The molecule has 1 atom stereocenters. The monoisotopic (exact) mass is 230 g/mol. The van der Waals surface area contributed by atoms with Crippen molar-refractivity contribution >= 4 is 5.69 Å². The van der Waals surface area contributed by atoms with Gasteiger partial charge >= 0.3 is 0 Å². The van der Waals surface area contributed by atoms with Gasteiger partial charge in [0.15, 0.2) is 0 Å². The van der Waals surface area contributed by atoms with E-state index in [1.54, 1.807) is 0 Å². The molecule has 1 aromatic carbocycles. The van der Waals surface area contributed by atoms with Gasteiger partial charge in [-0.2, -0.15) is 0 Å². The Morgan fingerprint density at radius 1 is 1.35 bits per heavy atom. The number of para-hydroxylation sites is 1. The molecule has 2 N–H and O–H groups in total. The Morgan fingerprint density at radius 3 is 2.88 bits per heavy atom. The third-order valence-corrected chi connectivity index (χ3v) is 4.25. The molecule has 2 heteroatoms. The number of hydrogen-bond donors (Lipinski definition) is 1. The Kier molecular flexibility index (Phi) is 2.62. The quantitative estimate of drug-likeness (QED) is 0.864. The molecule has 1 heterocycles. The minimum absolute atomic E-state index is 0.00947. The largest absolute Gasteiger partial charge is 0.369 e. The molecule has 17 heavy (non-hydrogen) atoms. The standard InChI is InChI=1S/C15H22N2/c1-15(16,13-8-9-13)11-17-10-4-6-12-5-2-3-7-14(12)17/h2-3,5,7,13H,4,6,8-11,16H2,1H3. The molecule has 2 aliphatic rings. The average molecular weight is 230 g/mol. The zero-order valence-corrected chi connectivity index (χ0v) is 10.7. The topological polar surface area (TPSA) is 29.3 Å². The van der Waals surface area contributed by atoms with E-state index < -0.39 is 0 Å². The van der Waals surface area contributed by atoms with Gasteiger partial charge in [-0.3, -0.25) is 0 Å². The van der Waals surface area contributed by atoms with Crippen LogP contribution in [-0.4, -0.2) is 18.6 Å². The average Bonchev–Trinajstić information content (AvgIpc) is 3.13. The molecule has 92 valence electrons. The third-order valence-electron chi connectivity index (χ3n) is 4.25. The van der Waals surface area contributed by atoms with E-state index in [2.05, 4.69) is 36.1 Å². The van der Waals surface area contributed by atoms with Crippen molar-refractivity contribution in [3.05, 3.63) is 29.8 Å². The van der Waals surface area contributed by atoms with Crippen molar-refractivity contribution in [1.82, 2.24) is 0 Å². The van der Waals surface area contributed by atoms with E-state index in [9.17, 15) is 0 Å². The fourth-order valence-electron chi connectivity index (χ4n) is 3.06. The molecule has 1 aliphatic heterocycles. The van der Waals surface area contributed by atoms with Crippen LogP contribution in [0.3, 0.4) is 0 Å². The summed E-state index contributed by atoms with van der Waals surface area (Å²) < 4.78 is 0. The summed E-state index contributed by atoms with van der Waals surface area (Å²) in [7, 11) is 0. The van der Waals surface area contributed by atoms with Crippen molar-refractivity contribution in [2.75, 3.05) is 18.0 Å². The molecule has 1 fully saturated rings. The molecule has 0 saturated heterocycles. The van der Waals surface area contributed by atoms with E-state index in [0.29, 0.717) is 0 Å². The zero-order valence-electron chi connectivity index (χ0n) is 10.7. The van der Waals surface area contributed by atoms with Crippen LogP contribution in [0.1, 0.15) is 31.7 Å². The normalized spacial score (nSPS) is 23.1. The summed E-state index contributed by atoms with van der Waals surface area (Å²) >= 11 is 0. The number of anilines is 1. The maximum Gasteiger partial charge on any atom is 0.0399 e. The van der Waals surface area contributed by atoms with E-state index in [0.717, 1.165) is 19.0 Å². The van der Waals surface area contributed by atoms with Gasteiger partial charge in [-0.1, -0.05) is 18.2 Å². The van der Waals surface area contributed by atoms with E-state index in [1.807, 2.05) is 0 Å². The Balaban J connectivity index is 1.80. The molecule has 1 aliphatic carbocycles. The summed E-state index contributed by atoms with van der Waals surface area (Å²) in [5, 5.41) is 0. The molecule has 1 unspecified atom stereocenters. The van der Waals surface area contributed by atoms with Crippen LogP contribution >= 0.6 is 0 Å². The van der Waals surface area contributed by atoms with Crippen LogP contribution in [0, 0.1) is 5.92 Å². The van der Waals surface area contributed by atoms with Gasteiger partial charge < -0.3 is 10.6 Å². The molecule has 3 rings (SSSR count). The van der Waals surface area contributed by atoms with Gasteiger partial charge in [0, 0.05) is 24.3 Å². The second-order valence-corrected chi connectivity index (χ2v) is 5.93. The van der Waals surface area contributed by atoms with Crippen molar-refractivity contribution in [3.8, 4) is 0 Å². The molecule has 0 amide bonds. The predicted octanol–water partition coefficient (Wildman–Crippen LogP) is 2.57. The SMILES string of the molecule is CC(N)(CN1CCCc2ccccc21)C1CC1. The van der Waals surface area contributed by atoms with Gasteiger partial charge in [0.05, 0.1) is 0 Å². The number of rotatable bonds is 3. The van der Waals surface area contributed by atoms with Gasteiger partial charge in [-0.05, 0) is 50.2 Å². The van der Waals surface area contributed by atoms with Crippen molar-refractivity contribution in [1.29, 1.82) is 0 Å². The number of aryl methyl sites for hydroxylation is 1. The molecule has 0 radical (unpaired) electrons. The van der Waals surface area contributed by atoms with Crippen molar-refractivity contribution in [2.24, 2.45) is 11.7 Å². The van der Waals surface area contributed by atoms with Gasteiger partial charge in [0.25, 0.3) is 0 Å². The highest BCUT2D eigenvalue weighted by atomic mass is 15.2. The highest BCUT2D eigenvalue weighted by molar-refractivity contribution is 5.55. The molecule has 1 aromatic rings. The first kappa shape index (κ1) is 11.1. The fourth-order valence-corrected chi connectivity index (χ4v) is 3.06. The van der Waals surface area contributed by atoms with Crippen LogP contribution < -0.4 is 10.6 Å². The zero-order chi connectivity index (χ0) is 11.9. The maximum atomic E-state index is 6.47. The smallest absolute Gasteiger partial charge is 0.0399 e. The number of fused-ring (bicyclic) bond motifs is 1. The molecule has 0 aromatic heterocycles. The molecule has 0 spiro atoms. The summed E-state index contributed by atoms with van der Waals surface area (Å²) in [6.45, 7) is 4.40. The Bertz CT molecular complexity index is 407. The Hall–Kier alpha value is -1.02. The third kappa shape index (κ3) is 2.19. The number of nitrogens with zero attached hydrogens (tertiary/aromatic N) is 1. The van der Waals surface area contributed by atoms with E-state index in [1.165, 1.54) is 36.9 Å². The first-order valence-corrected chi connectivity index (χ1v) is 6.78. The second-order valence-electron chi connectivity index (χ2n) is 5.93. The highest BCUT2D eigenvalue weighted by Crippen LogP contribution is 2.39. The fraction of sp³-hybridized carbons (Fsp3) is 0.600. The minimum Gasteiger partial charge on any atom is -0.369 e. The molecule has 2 nitrogen and oxygen atoms in total. The van der Waals surface area contributed by atoms with Crippen molar-refractivity contribution in [3.63, 3.8) is 0 Å². The first-order chi connectivity index (χ1) is 8.17. The van der Waals surface area contributed by atoms with Crippen LogP contribution in [0.25, 0.3) is 0 Å². The minimum atomic E-state index is -0.00947. The molecule has 0 bridgehead atoms. The summed E-state index contributed by atoms with van der Waals surface area (Å²) in [5.41, 5.74) is 9.36.